The molecule has 0 spiro atoms. The minimum absolute atomic E-state index is 0.0294. The second-order valence-corrected chi connectivity index (χ2v) is 16.9. The third-order valence-corrected chi connectivity index (χ3v) is 12.7. The Balaban J connectivity index is 2.00. The molecule has 0 aromatic carbocycles. The van der Waals surface area contributed by atoms with Gasteiger partial charge in [-0.3, -0.25) is 19.2 Å². The SMILES string of the molecule is COC(=O)C12CC(=O)C(C(C)C)CC(=O)C(C)CCCC(C)CC(=O)C1CC(C)=C1C(OC)CC(C)(O)C3CC=C(C)C(CCC(C)=CC12)O3. The van der Waals surface area contributed by atoms with Crippen LogP contribution in [0.1, 0.15) is 126 Å². The van der Waals surface area contributed by atoms with Gasteiger partial charge in [-0.1, -0.05) is 63.8 Å². The number of esters is 1. The molecule has 2 bridgehead atoms. The average molecular weight is 697 g/mol. The number of ketones is 3. The molecule has 50 heavy (non-hydrogen) atoms. The molecule has 1 N–H and O–H groups in total. The van der Waals surface area contributed by atoms with E-state index in [9.17, 15) is 24.3 Å². The van der Waals surface area contributed by atoms with Gasteiger partial charge >= 0.3 is 5.97 Å². The van der Waals surface area contributed by atoms with E-state index in [1.165, 1.54) is 7.11 Å². The number of rotatable bonds is 3. The molecule has 0 aromatic rings. The van der Waals surface area contributed by atoms with Gasteiger partial charge < -0.3 is 19.3 Å². The molecular formula is C42H64O8. The minimum atomic E-state index is -1.56. The fraction of sp³-hybridized carbons (Fsp3) is 0.762. The maximum absolute atomic E-state index is 14.8. The van der Waals surface area contributed by atoms with E-state index in [0.29, 0.717) is 19.3 Å². The van der Waals surface area contributed by atoms with Crippen LogP contribution in [0.25, 0.3) is 0 Å². The van der Waals surface area contributed by atoms with Crippen LogP contribution in [-0.2, 0) is 33.4 Å². The Labute approximate surface area is 300 Å². The van der Waals surface area contributed by atoms with Crippen molar-refractivity contribution in [2.24, 2.45) is 40.9 Å². The number of allylic oxidation sites excluding steroid dienone is 3. The van der Waals surface area contributed by atoms with E-state index in [4.69, 9.17) is 14.2 Å². The molecule has 4 aliphatic rings. The summed E-state index contributed by atoms with van der Waals surface area (Å²) in [6.45, 7) is 15.8. The number of fused-ring (bicyclic) bond motifs is 5. The fourth-order valence-corrected chi connectivity index (χ4v) is 9.36. The van der Waals surface area contributed by atoms with Crippen LogP contribution in [0, 0.1) is 40.9 Å². The molecule has 10 atom stereocenters. The summed E-state index contributed by atoms with van der Waals surface area (Å²) in [4.78, 5) is 57.7. The molecule has 2 aliphatic carbocycles. The first kappa shape index (κ1) is 40.4. The molecule has 2 heterocycles. The van der Waals surface area contributed by atoms with Crippen molar-refractivity contribution in [3.05, 3.63) is 34.4 Å². The molecule has 1 fully saturated rings. The maximum Gasteiger partial charge on any atom is 0.313 e. The highest BCUT2D eigenvalue weighted by Crippen LogP contribution is 2.56. The largest absolute Gasteiger partial charge is 0.469 e. The standard InChI is InChI=1S/C42H64O8/c1-24(2)30-21-33(43)27(5)13-11-12-25(3)19-34(44)31-20-29(7)39-32(42(31,22-35(30)45)40(46)49-10)18-26(4)14-16-36-28(6)15-17-38(50-36)41(8,47)23-37(39)48-9/h15,18,24-25,27,30-32,36-38,47H,11-14,16-17,19-23H2,1-10H3. The van der Waals surface area contributed by atoms with E-state index >= 15 is 0 Å². The van der Waals surface area contributed by atoms with Crippen LogP contribution < -0.4 is 0 Å². The molecule has 4 rings (SSSR count). The van der Waals surface area contributed by atoms with Crippen molar-refractivity contribution < 1.29 is 38.5 Å². The monoisotopic (exact) mass is 696 g/mol. The summed E-state index contributed by atoms with van der Waals surface area (Å²) >= 11 is 0. The number of hydrogen-bond acceptors (Lipinski definition) is 8. The fourth-order valence-electron chi connectivity index (χ4n) is 9.36. The van der Waals surface area contributed by atoms with Crippen LogP contribution in [0.2, 0.25) is 0 Å². The number of ether oxygens (including phenoxy) is 3. The molecule has 0 amide bonds. The lowest BCUT2D eigenvalue weighted by atomic mass is 9.52. The zero-order chi connectivity index (χ0) is 37.1. The van der Waals surface area contributed by atoms with Gasteiger partial charge in [-0.25, -0.2) is 0 Å². The normalized spacial score (nSPS) is 38.5. The summed E-state index contributed by atoms with van der Waals surface area (Å²) in [5.41, 5.74) is 1.06. The van der Waals surface area contributed by atoms with Gasteiger partial charge in [0.15, 0.2) is 0 Å². The first-order valence-corrected chi connectivity index (χ1v) is 19.1. The summed E-state index contributed by atoms with van der Waals surface area (Å²) in [7, 11) is 2.95. The third kappa shape index (κ3) is 8.44. The zero-order valence-electron chi connectivity index (χ0n) is 32.4. The van der Waals surface area contributed by atoms with Crippen molar-refractivity contribution in [2.75, 3.05) is 14.2 Å². The predicted molar refractivity (Wildman–Crippen MR) is 194 cm³/mol. The van der Waals surface area contributed by atoms with E-state index in [-0.39, 0.29) is 73.3 Å². The molecular weight excluding hydrogens is 632 g/mol. The highest BCUT2D eigenvalue weighted by atomic mass is 16.5. The molecule has 1 saturated carbocycles. The van der Waals surface area contributed by atoms with E-state index in [2.05, 4.69) is 26.0 Å². The maximum atomic E-state index is 14.8. The van der Waals surface area contributed by atoms with Gasteiger partial charge in [0.25, 0.3) is 0 Å². The Hall–Kier alpha value is -2.42. The molecule has 2 aliphatic heterocycles. The van der Waals surface area contributed by atoms with E-state index in [1.807, 2.05) is 34.6 Å². The van der Waals surface area contributed by atoms with Crippen molar-refractivity contribution >= 4 is 23.3 Å². The molecule has 280 valence electrons. The lowest BCUT2D eigenvalue weighted by molar-refractivity contribution is -0.167. The van der Waals surface area contributed by atoms with Gasteiger partial charge in [0.1, 0.15) is 17.3 Å². The van der Waals surface area contributed by atoms with E-state index in [1.54, 1.807) is 14.0 Å². The van der Waals surface area contributed by atoms with Gasteiger partial charge in [0.2, 0.25) is 0 Å². The number of hydrogen-bond donors (Lipinski definition) is 1. The van der Waals surface area contributed by atoms with Crippen LogP contribution in [0.5, 0.6) is 0 Å². The van der Waals surface area contributed by atoms with Gasteiger partial charge in [-0.15, -0.1) is 0 Å². The van der Waals surface area contributed by atoms with Crippen LogP contribution >= 0.6 is 0 Å². The van der Waals surface area contributed by atoms with Gasteiger partial charge in [0, 0.05) is 56.5 Å². The van der Waals surface area contributed by atoms with Gasteiger partial charge in [-0.2, -0.15) is 0 Å². The molecule has 8 nitrogen and oxygen atoms in total. The average Bonchev–Trinajstić information content (AvgIpc) is 3.05. The Morgan fingerprint density at radius 1 is 0.980 bits per heavy atom. The smallest absolute Gasteiger partial charge is 0.313 e. The van der Waals surface area contributed by atoms with Crippen molar-refractivity contribution in [3.8, 4) is 0 Å². The number of carbonyl (C=O) groups excluding carboxylic acids is 4. The number of Topliss-reactive ketones (excluding diaryl/α,β-unsaturated/α-hetero) is 3. The number of carbonyl (C=O) groups is 4. The molecule has 10 unspecified atom stereocenters. The lowest BCUT2D eigenvalue weighted by Crippen LogP contribution is -2.55. The molecule has 0 radical (unpaired) electrons. The minimum Gasteiger partial charge on any atom is -0.469 e. The Kier molecular flexibility index (Phi) is 13.3. The van der Waals surface area contributed by atoms with E-state index in [0.717, 1.165) is 41.6 Å². The Bertz CT molecular complexity index is 1380. The second kappa shape index (κ2) is 16.5. The van der Waals surface area contributed by atoms with Crippen LogP contribution in [-0.4, -0.2) is 66.6 Å². The first-order chi connectivity index (χ1) is 23.5. The third-order valence-electron chi connectivity index (χ3n) is 12.7. The zero-order valence-corrected chi connectivity index (χ0v) is 32.4. The molecule has 0 saturated heterocycles. The Morgan fingerprint density at radius 2 is 1.68 bits per heavy atom. The summed E-state index contributed by atoms with van der Waals surface area (Å²) in [6.07, 6.45) is 7.92. The number of aliphatic hydroxyl groups is 1. The van der Waals surface area contributed by atoms with Crippen molar-refractivity contribution in [1.29, 1.82) is 0 Å². The van der Waals surface area contributed by atoms with Gasteiger partial charge in [0.05, 0.1) is 36.4 Å². The van der Waals surface area contributed by atoms with E-state index < -0.39 is 46.9 Å². The van der Waals surface area contributed by atoms with Gasteiger partial charge in [-0.05, 0) is 82.8 Å². The summed E-state index contributed by atoms with van der Waals surface area (Å²) < 4.78 is 18.4. The molecule has 0 aromatic heterocycles. The van der Waals surface area contributed by atoms with Crippen molar-refractivity contribution in [1.82, 2.24) is 0 Å². The van der Waals surface area contributed by atoms with Crippen molar-refractivity contribution in [2.45, 2.75) is 150 Å². The number of methoxy groups -OCH3 is 2. The van der Waals surface area contributed by atoms with Crippen molar-refractivity contribution in [3.63, 3.8) is 0 Å². The lowest BCUT2D eigenvalue weighted by Gasteiger charge is -2.50. The van der Waals surface area contributed by atoms with Crippen LogP contribution in [0.3, 0.4) is 0 Å². The highest BCUT2D eigenvalue weighted by Gasteiger charge is 2.60. The predicted octanol–water partition coefficient (Wildman–Crippen LogP) is 7.70. The molecule has 8 heteroatoms. The Morgan fingerprint density at radius 3 is 2.32 bits per heavy atom. The second-order valence-electron chi connectivity index (χ2n) is 16.9. The summed E-state index contributed by atoms with van der Waals surface area (Å²) in [6, 6.07) is 0. The topological polar surface area (TPSA) is 116 Å². The highest BCUT2D eigenvalue weighted by molar-refractivity contribution is 5.97. The summed E-state index contributed by atoms with van der Waals surface area (Å²) in [5.74, 6) is -3.10. The van der Waals surface area contributed by atoms with Crippen LogP contribution in [0.4, 0.5) is 0 Å². The summed E-state index contributed by atoms with van der Waals surface area (Å²) in [5, 5.41) is 12.0. The van der Waals surface area contributed by atoms with Crippen LogP contribution in [0.15, 0.2) is 34.4 Å². The first-order valence-electron chi connectivity index (χ1n) is 19.1. The quantitative estimate of drug-likeness (QED) is 0.236.